The van der Waals surface area contributed by atoms with E-state index in [1.54, 1.807) is 0 Å². The summed E-state index contributed by atoms with van der Waals surface area (Å²) in [5.41, 5.74) is 2.87. The van der Waals surface area contributed by atoms with Crippen molar-refractivity contribution in [1.82, 2.24) is 0 Å². The Morgan fingerprint density at radius 3 is 1.46 bits per heavy atom. The highest BCUT2D eigenvalue weighted by Gasteiger charge is 2.20. The van der Waals surface area contributed by atoms with E-state index in [-0.39, 0.29) is 0 Å². The minimum absolute atomic E-state index is 1.11. The van der Waals surface area contributed by atoms with Crippen LogP contribution in [0.25, 0.3) is 41.1 Å². The van der Waals surface area contributed by atoms with Crippen molar-refractivity contribution in [1.29, 1.82) is 0 Å². The molecule has 0 saturated carbocycles. The molecule has 0 unspecified atom stereocenters. The third-order valence-corrected chi connectivity index (χ3v) is 9.19. The van der Waals surface area contributed by atoms with Gasteiger partial charge in [0.05, 0.1) is 0 Å². The minimum atomic E-state index is 1.11. The molecule has 130 valence electrons. The predicted octanol–water partition coefficient (Wildman–Crippen LogP) is 8.70. The molecule has 0 radical (unpaired) electrons. The number of aryl methyl sites for hydroxylation is 2. The summed E-state index contributed by atoms with van der Waals surface area (Å²) in [4.78, 5) is 5.74. The highest BCUT2D eigenvalue weighted by Crippen LogP contribution is 2.49. The van der Waals surface area contributed by atoms with Gasteiger partial charge in [0.15, 0.2) is 0 Å². The van der Waals surface area contributed by atoms with Crippen LogP contribution in [0.3, 0.4) is 0 Å². The molecule has 0 N–H and O–H groups in total. The molecule has 0 amide bonds. The minimum Gasteiger partial charge on any atom is -0.143 e. The first-order valence-corrected chi connectivity index (χ1v) is 12.3. The normalized spacial score (nSPS) is 11.8. The van der Waals surface area contributed by atoms with Gasteiger partial charge >= 0.3 is 0 Å². The van der Waals surface area contributed by atoms with Crippen molar-refractivity contribution in [3.05, 3.63) is 56.9 Å². The Hall–Kier alpha value is -1.46. The van der Waals surface area contributed by atoms with E-state index in [0.29, 0.717) is 0 Å². The molecule has 5 aromatic rings. The smallest absolute Gasteiger partial charge is 0.0442 e. The van der Waals surface area contributed by atoms with Crippen LogP contribution in [-0.4, -0.2) is 0 Å². The number of fused-ring (bicyclic) bond motifs is 2. The largest absolute Gasteiger partial charge is 0.143 e. The summed E-state index contributed by atoms with van der Waals surface area (Å²) in [5, 5.41) is 7.33. The van der Waals surface area contributed by atoms with E-state index in [2.05, 4.69) is 61.0 Å². The first-order chi connectivity index (χ1) is 12.8. The molecule has 0 fully saturated rings. The maximum Gasteiger partial charge on any atom is 0.0442 e. The monoisotopic (exact) mass is 410 g/mol. The Morgan fingerprint density at radius 2 is 1.08 bits per heavy atom. The van der Waals surface area contributed by atoms with Crippen molar-refractivity contribution in [3.63, 3.8) is 0 Å². The molecule has 0 saturated heterocycles. The van der Waals surface area contributed by atoms with Gasteiger partial charge in [-0.15, -0.1) is 45.3 Å². The quantitative estimate of drug-likeness (QED) is 0.278. The van der Waals surface area contributed by atoms with Crippen LogP contribution in [0.2, 0.25) is 0 Å². The van der Waals surface area contributed by atoms with Crippen LogP contribution in [0.5, 0.6) is 0 Å². The van der Waals surface area contributed by atoms with Crippen LogP contribution in [-0.2, 0) is 12.8 Å². The van der Waals surface area contributed by atoms with Gasteiger partial charge in [-0.2, -0.15) is 0 Å². The van der Waals surface area contributed by atoms with Crippen molar-refractivity contribution in [2.75, 3.05) is 0 Å². The Morgan fingerprint density at radius 1 is 0.615 bits per heavy atom. The van der Waals surface area contributed by atoms with Gasteiger partial charge < -0.3 is 0 Å². The van der Waals surface area contributed by atoms with Gasteiger partial charge in [-0.1, -0.05) is 13.8 Å². The lowest BCUT2D eigenvalue weighted by Gasteiger charge is -2.09. The average Bonchev–Trinajstić information content (AvgIpc) is 3.45. The average molecular weight is 411 g/mol. The second kappa shape index (κ2) is 6.61. The maximum absolute atomic E-state index is 2.32. The van der Waals surface area contributed by atoms with Crippen molar-refractivity contribution >= 4 is 65.5 Å². The van der Waals surface area contributed by atoms with Crippen LogP contribution in [0.15, 0.2) is 47.2 Å². The van der Waals surface area contributed by atoms with Crippen molar-refractivity contribution < 1.29 is 0 Å². The van der Waals surface area contributed by atoms with E-state index in [0.717, 1.165) is 12.8 Å². The van der Waals surface area contributed by atoms with E-state index < -0.39 is 0 Å². The van der Waals surface area contributed by atoms with E-state index in [4.69, 9.17) is 0 Å². The fourth-order valence-corrected chi connectivity index (χ4v) is 7.64. The predicted molar refractivity (Wildman–Crippen MR) is 123 cm³/mol. The Balaban J connectivity index is 1.87. The number of thiophene rings is 4. The van der Waals surface area contributed by atoms with Crippen molar-refractivity contribution in [2.45, 2.75) is 26.7 Å². The molecular weight excluding hydrogens is 393 g/mol. The van der Waals surface area contributed by atoms with Crippen molar-refractivity contribution in [3.8, 4) is 20.9 Å². The topological polar surface area (TPSA) is 0 Å². The summed E-state index contributed by atoms with van der Waals surface area (Å²) < 4.78 is 2.86. The SMILES string of the molecule is CCc1ccc(-c2c3ccsc3c(-c3ccc(CC)s3)c3ccsc23)s1. The van der Waals surface area contributed by atoms with E-state index >= 15 is 0 Å². The van der Waals surface area contributed by atoms with Crippen LogP contribution < -0.4 is 0 Å². The number of rotatable bonds is 4. The zero-order valence-corrected chi connectivity index (χ0v) is 17.9. The second-order valence-corrected chi connectivity index (χ2v) is 10.5. The van der Waals surface area contributed by atoms with Gasteiger partial charge in [-0.05, 0) is 60.0 Å². The Kier molecular flexibility index (Phi) is 4.24. The molecule has 0 aliphatic heterocycles. The number of benzene rings is 1. The fraction of sp³-hybridized carbons (Fsp3) is 0.182. The maximum atomic E-state index is 2.32. The molecule has 0 aliphatic carbocycles. The Labute approximate surface area is 169 Å². The Bertz CT molecular complexity index is 1070. The van der Waals surface area contributed by atoms with Crippen LogP contribution >= 0.6 is 45.3 Å². The van der Waals surface area contributed by atoms with Gasteiger partial charge in [0.25, 0.3) is 0 Å². The molecule has 4 aromatic heterocycles. The molecule has 0 spiro atoms. The molecule has 4 heterocycles. The lowest BCUT2D eigenvalue weighted by Crippen LogP contribution is -1.81. The summed E-state index contributed by atoms with van der Waals surface area (Å²) >= 11 is 7.65. The molecular formula is C22H18S4. The second-order valence-electron chi connectivity index (χ2n) is 6.32. The molecule has 0 aliphatic rings. The van der Waals surface area contributed by atoms with Crippen LogP contribution in [0.1, 0.15) is 23.6 Å². The first-order valence-electron chi connectivity index (χ1n) is 8.88. The van der Waals surface area contributed by atoms with Crippen LogP contribution in [0, 0.1) is 0 Å². The third-order valence-electron chi connectivity index (χ3n) is 4.84. The summed E-state index contributed by atoms with van der Waals surface area (Å²) in [6.45, 7) is 4.48. The third kappa shape index (κ3) is 2.51. The molecule has 0 nitrogen and oxygen atoms in total. The van der Waals surface area contributed by atoms with E-state index in [1.807, 2.05) is 45.3 Å². The highest BCUT2D eigenvalue weighted by atomic mass is 32.1. The summed E-state index contributed by atoms with van der Waals surface area (Å²) in [7, 11) is 0. The van der Waals surface area contributed by atoms with E-state index in [1.165, 1.54) is 50.8 Å². The first kappa shape index (κ1) is 16.7. The van der Waals surface area contributed by atoms with Crippen molar-refractivity contribution in [2.24, 2.45) is 0 Å². The standard InChI is InChI=1S/C22H18S4/c1-3-13-5-7-17(25-13)19-15-9-11-24-22(15)20(16-10-12-23-21(16)19)18-8-6-14(4-2)26-18/h5-12H,3-4H2,1-2H3. The summed E-state index contributed by atoms with van der Waals surface area (Å²) in [6, 6.07) is 13.8. The fourth-order valence-electron chi connectivity index (χ4n) is 3.54. The zero-order valence-electron chi connectivity index (χ0n) is 14.7. The molecule has 5 rings (SSSR count). The molecule has 26 heavy (non-hydrogen) atoms. The van der Waals surface area contributed by atoms with Gasteiger partial charge in [0.1, 0.15) is 0 Å². The summed E-state index contributed by atoms with van der Waals surface area (Å²) in [5.74, 6) is 0. The summed E-state index contributed by atoms with van der Waals surface area (Å²) in [6.07, 6.45) is 2.22. The van der Waals surface area contributed by atoms with Gasteiger partial charge in [0.2, 0.25) is 0 Å². The lowest BCUT2D eigenvalue weighted by molar-refractivity contribution is 1.19. The van der Waals surface area contributed by atoms with E-state index in [9.17, 15) is 0 Å². The molecule has 0 atom stereocenters. The number of hydrogen-bond acceptors (Lipinski definition) is 4. The molecule has 1 aromatic carbocycles. The lowest BCUT2D eigenvalue weighted by atomic mass is 10.0. The van der Waals surface area contributed by atoms with Gasteiger partial charge in [-0.25, -0.2) is 0 Å². The molecule has 4 heteroatoms. The van der Waals surface area contributed by atoms with Gasteiger partial charge in [0, 0.05) is 50.8 Å². The van der Waals surface area contributed by atoms with Gasteiger partial charge in [-0.3, -0.25) is 0 Å². The zero-order chi connectivity index (χ0) is 17.7. The van der Waals surface area contributed by atoms with Crippen LogP contribution in [0.4, 0.5) is 0 Å². The highest BCUT2D eigenvalue weighted by molar-refractivity contribution is 7.22. The molecule has 0 bridgehead atoms. The number of hydrogen-bond donors (Lipinski definition) is 0.